The molecule has 4 nitrogen and oxygen atoms in total. The molecule has 0 aromatic carbocycles. The van der Waals surface area contributed by atoms with E-state index in [1.54, 1.807) is 0 Å². The molecule has 1 rings (SSSR count). The summed E-state index contributed by atoms with van der Waals surface area (Å²) in [7, 11) is 0. The quantitative estimate of drug-likeness (QED) is 0.422. The van der Waals surface area contributed by atoms with Crippen LogP contribution in [0.1, 0.15) is 33.1 Å². The molecule has 0 aliphatic carbocycles. The minimum atomic E-state index is -0.336. The highest BCUT2D eigenvalue weighted by Crippen LogP contribution is 2.25. The van der Waals surface area contributed by atoms with Gasteiger partial charge in [-0.2, -0.15) is 11.8 Å². The van der Waals surface area contributed by atoms with Gasteiger partial charge in [-0.3, -0.25) is 10.2 Å². The van der Waals surface area contributed by atoms with Crippen molar-refractivity contribution in [1.29, 1.82) is 0 Å². The molecule has 15 heavy (non-hydrogen) atoms. The molecular formula is C10H20N2O2S. The fourth-order valence-electron chi connectivity index (χ4n) is 1.50. The van der Waals surface area contributed by atoms with Crippen molar-refractivity contribution in [3.63, 3.8) is 0 Å². The van der Waals surface area contributed by atoms with Crippen LogP contribution in [0.2, 0.25) is 0 Å². The van der Waals surface area contributed by atoms with Crippen molar-refractivity contribution in [2.75, 3.05) is 5.75 Å². The maximum Gasteiger partial charge on any atom is 0.263 e. The third-order valence-electron chi connectivity index (χ3n) is 2.68. The fourth-order valence-corrected chi connectivity index (χ4v) is 2.53. The van der Waals surface area contributed by atoms with Gasteiger partial charge in [0.15, 0.2) is 0 Å². The summed E-state index contributed by atoms with van der Waals surface area (Å²) in [5, 5.41) is 0.663. The molecule has 0 bridgehead atoms. The largest absolute Gasteiger partial charge is 0.364 e. The fraction of sp³-hybridized carbons (Fsp3) is 0.900. The van der Waals surface area contributed by atoms with Gasteiger partial charge in [-0.05, 0) is 19.3 Å². The first-order chi connectivity index (χ1) is 7.17. The lowest BCUT2D eigenvalue weighted by molar-refractivity contribution is -0.131. The molecule has 1 aliphatic rings. The predicted molar refractivity (Wildman–Crippen MR) is 62.4 cm³/mol. The molecule has 1 heterocycles. The van der Waals surface area contributed by atoms with Crippen LogP contribution in [0.5, 0.6) is 0 Å². The Kier molecular flexibility index (Phi) is 5.42. The highest BCUT2D eigenvalue weighted by molar-refractivity contribution is 7.99. The number of carbonyl (C=O) groups excluding carboxylic acids is 1. The van der Waals surface area contributed by atoms with Crippen LogP contribution in [0.4, 0.5) is 0 Å². The molecule has 1 saturated heterocycles. The van der Waals surface area contributed by atoms with Crippen molar-refractivity contribution in [2.45, 2.75) is 50.6 Å². The zero-order valence-electron chi connectivity index (χ0n) is 9.36. The predicted octanol–water partition coefficient (Wildman–Crippen LogP) is 1.06. The molecule has 88 valence electrons. The van der Waals surface area contributed by atoms with Crippen LogP contribution in [0.15, 0.2) is 0 Å². The zero-order chi connectivity index (χ0) is 11.3. The Morgan fingerprint density at radius 1 is 1.67 bits per heavy atom. The Morgan fingerprint density at radius 3 is 3.00 bits per heavy atom. The van der Waals surface area contributed by atoms with Gasteiger partial charge in [0.05, 0.1) is 6.10 Å². The summed E-state index contributed by atoms with van der Waals surface area (Å²) in [6, 6.07) is 0. The van der Waals surface area contributed by atoms with Crippen molar-refractivity contribution in [1.82, 2.24) is 5.43 Å². The van der Waals surface area contributed by atoms with E-state index in [-0.39, 0.29) is 18.1 Å². The summed E-state index contributed by atoms with van der Waals surface area (Å²) in [5.41, 5.74) is 2.13. The first kappa shape index (κ1) is 12.8. The van der Waals surface area contributed by atoms with Crippen molar-refractivity contribution in [3.8, 4) is 0 Å². The molecule has 0 aromatic rings. The van der Waals surface area contributed by atoms with Gasteiger partial charge >= 0.3 is 0 Å². The average Bonchev–Trinajstić information content (AvgIpc) is 2.73. The number of nitrogens with one attached hydrogen (secondary N) is 1. The molecule has 0 saturated carbocycles. The lowest BCUT2D eigenvalue weighted by Crippen LogP contribution is -2.39. The Bertz CT molecular complexity index is 214. The molecule has 3 unspecified atom stereocenters. The highest BCUT2D eigenvalue weighted by Gasteiger charge is 2.30. The van der Waals surface area contributed by atoms with Crippen LogP contribution in [0.3, 0.4) is 0 Å². The van der Waals surface area contributed by atoms with Crippen molar-refractivity contribution >= 4 is 17.7 Å². The van der Waals surface area contributed by atoms with E-state index in [0.717, 1.165) is 18.6 Å². The van der Waals surface area contributed by atoms with Gasteiger partial charge in [0.2, 0.25) is 0 Å². The SMILES string of the molecule is CCC(C)SCC1CCC(C(=O)NN)O1. The molecule has 1 amide bonds. The number of thioether (sulfide) groups is 1. The maximum atomic E-state index is 11.2. The summed E-state index contributed by atoms with van der Waals surface area (Å²) < 4.78 is 5.60. The molecule has 5 heteroatoms. The van der Waals surface area contributed by atoms with E-state index in [4.69, 9.17) is 10.6 Å². The Hall–Kier alpha value is -0.260. The van der Waals surface area contributed by atoms with Gasteiger partial charge in [0.25, 0.3) is 5.91 Å². The van der Waals surface area contributed by atoms with E-state index in [2.05, 4.69) is 19.3 Å². The number of hydrazine groups is 1. The van der Waals surface area contributed by atoms with Crippen molar-refractivity contribution in [2.24, 2.45) is 5.84 Å². The molecular weight excluding hydrogens is 212 g/mol. The number of rotatable bonds is 5. The molecule has 3 atom stereocenters. The van der Waals surface area contributed by atoms with Crippen LogP contribution < -0.4 is 11.3 Å². The number of ether oxygens (including phenoxy) is 1. The van der Waals surface area contributed by atoms with E-state index in [9.17, 15) is 4.79 Å². The second-order valence-electron chi connectivity index (χ2n) is 3.88. The second-order valence-corrected chi connectivity index (χ2v) is 5.36. The molecule has 1 aliphatic heterocycles. The molecule has 0 spiro atoms. The topological polar surface area (TPSA) is 64.4 Å². The van der Waals surface area contributed by atoms with Gasteiger partial charge in [0.1, 0.15) is 6.10 Å². The summed E-state index contributed by atoms with van der Waals surface area (Å²) in [4.78, 5) is 11.2. The number of amides is 1. The summed E-state index contributed by atoms with van der Waals surface area (Å²) in [5.74, 6) is 5.83. The Morgan fingerprint density at radius 2 is 2.40 bits per heavy atom. The number of nitrogens with two attached hydrogens (primary N) is 1. The first-order valence-corrected chi connectivity index (χ1v) is 6.49. The lowest BCUT2D eigenvalue weighted by atomic mass is 10.2. The van der Waals surface area contributed by atoms with Crippen LogP contribution in [-0.4, -0.2) is 29.1 Å². The number of carbonyl (C=O) groups is 1. The van der Waals surface area contributed by atoms with E-state index in [1.807, 2.05) is 11.8 Å². The second kappa shape index (κ2) is 6.35. The van der Waals surface area contributed by atoms with Gasteiger partial charge in [-0.25, -0.2) is 5.84 Å². The zero-order valence-corrected chi connectivity index (χ0v) is 10.2. The summed E-state index contributed by atoms with van der Waals surface area (Å²) in [6.07, 6.45) is 2.80. The van der Waals surface area contributed by atoms with E-state index < -0.39 is 0 Å². The van der Waals surface area contributed by atoms with E-state index in [0.29, 0.717) is 5.25 Å². The minimum Gasteiger partial charge on any atom is -0.364 e. The number of hydrogen-bond donors (Lipinski definition) is 2. The lowest BCUT2D eigenvalue weighted by Gasteiger charge is -2.14. The monoisotopic (exact) mass is 232 g/mol. The number of hydrogen-bond acceptors (Lipinski definition) is 4. The van der Waals surface area contributed by atoms with Gasteiger partial charge in [-0.1, -0.05) is 13.8 Å². The average molecular weight is 232 g/mol. The minimum absolute atomic E-state index is 0.203. The smallest absolute Gasteiger partial charge is 0.263 e. The van der Waals surface area contributed by atoms with Crippen LogP contribution in [-0.2, 0) is 9.53 Å². The third-order valence-corrected chi connectivity index (χ3v) is 4.15. The van der Waals surface area contributed by atoms with Gasteiger partial charge < -0.3 is 4.74 Å². The molecule has 0 radical (unpaired) electrons. The Balaban J connectivity index is 2.22. The maximum absolute atomic E-state index is 11.2. The van der Waals surface area contributed by atoms with Crippen LogP contribution in [0, 0.1) is 0 Å². The summed E-state index contributed by atoms with van der Waals surface area (Å²) >= 11 is 1.91. The van der Waals surface area contributed by atoms with Crippen molar-refractivity contribution < 1.29 is 9.53 Å². The van der Waals surface area contributed by atoms with E-state index in [1.165, 1.54) is 6.42 Å². The van der Waals surface area contributed by atoms with Gasteiger partial charge in [0, 0.05) is 11.0 Å². The Labute approximate surface area is 95.3 Å². The van der Waals surface area contributed by atoms with Crippen LogP contribution in [0.25, 0.3) is 0 Å². The first-order valence-electron chi connectivity index (χ1n) is 5.44. The normalized spacial score (nSPS) is 27.7. The molecule has 0 aromatic heterocycles. The van der Waals surface area contributed by atoms with Crippen LogP contribution >= 0.6 is 11.8 Å². The third kappa shape index (κ3) is 4.01. The summed E-state index contributed by atoms with van der Waals surface area (Å²) in [6.45, 7) is 4.39. The highest BCUT2D eigenvalue weighted by atomic mass is 32.2. The molecule has 1 fully saturated rings. The standard InChI is InChI=1S/C10H20N2O2S/c1-3-7(2)15-6-8-4-5-9(14-8)10(13)12-11/h7-9H,3-6,11H2,1-2H3,(H,12,13). The van der Waals surface area contributed by atoms with E-state index >= 15 is 0 Å². The van der Waals surface area contributed by atoms with Crippen molar-refractivity contribution in [3.05, 3.63) is 0 Å². The van der Waals surface area contributed by atoms with Gasteiger partial charge in [-0.15, -0.1) is 0 Å². The molecule has 3 N–H and O–H groups in total.